The Balaban J connectivity index is 1.37. The SMILES string of the molecule is COc1ccc(C(=O)N2CCc3ccc(NC(=O)CN(Cc4ccccc4)S(=O)(=O)c4ccc(OC)c(OC)c4)cc32)cc1. The van der Waals surface area contributed by atoms with Crippen LogP contribution in [0.4, 0.5) is 11.4 Å². The molecule has 0 bridgehead atoms. The molecule has 0 radical (unpaired) electrons. The molecule has 10 nitrogen and oxygen atoms in total. The van der Waals surface area contributed by atoms with E-state index in [9.17, 15) is 18.0 Å². The fraction of sp³-hybridized carbons (Fsp3) is 0.212. The molecule has 0 aliphatic carbocycles. The summed E-state index contributed by atoms with van der Waals surface area (Å²) in [5, 5.41) is 2.82. The summed E-state index contributed by atoms with van der Waals surface area (Å²) in [6, 6.07) is 25.6. The van der Waals surface area contributed by atoms with E-state index in [1.807, 2.05) is 12.1 Å². The number of fused-ring (bicyclic) bond motifs is 1. The topological polar surface area (TPSA) is 114 Å². The van der Waals surface area contributed by atoms with Gasteiger partial charge in [-0.3, -0.25) is 9.59 Å². The Labute approximate surface area is 256 Å². The molecule has 4 aromatic carbocycles. The van der Waals surface area contributed by atoms with E-state index >= 15 is 0 Å². The van der Waals surface area contributed by atoms with Gasteiger partial charge in [-0.2, -0.15) is 4.31 Å². The number of carbonyl (C=O) groups is 2. The summed E-state index contributed by atoms with van der Waals surface area (Å²) in [5.41, 5.74) is 3.36. The van der Waals surface area contributed by atoms with Crippen LogP contribution in [0.1, 0.15) is 21.5 Å². The highest BCUT2D eigenvalue weighted by Gasteiger charge is 2.29. The number of hydrogen-bond donors (Lipinski definition) is 1. The molecule has 0 atom stereocenters. The zero-order valence-corrected chi connectivity index (χ0v) is 25.5. The molecule has 1 heterocycles. The molecule has 1 aliphatic heterocycles. The van der Waals surface area contributed by atoms with Gasteiger partial charge in [0.25, 0.3) is 5.91 Å². The van der Waals surface area contributed by atoms with Crippen LogP contribution in [0.5, 0.6) is 17.2 Å². The number of carbonyl (C=O) groups excluding carboxylic acids is 2. The normalized spacial score (nSPS) is 12.5. The van der Waals surface area contributed by atoms with E-state index in [1.165, 1.54) is 32.4 Å². The van der Waals surface area contributed by atoms with E-state index in [1.54, 1.807) is 72.7 Å². The van der Waals surface area contributed by atoms with Crippen molar-refractivity contribution in [1.82, 2.24) is 4.31 Å². The van der Waals surface area contributed by atoms with Crippen molar-refractivity contribution in [2.45, 2.75) is 17.9 Å². The summed E-state index contributed by atoms with van der Waals surface area (Å²) in [5.74, 6) is 0.600. The van der Waals surface area contributed by atoms with Gasteiger partial charge in [-0.1, -0.05) is 36.4 Å². The molecule has 0 saturated heterocycles. The molecular formula is C33H33N3O7S. The summed E-state index contributed by atoms with van der Waals surface area (Å²) in [7, 11) is 0.317. The minimum Gasteiger partial charge on any atom is -0.497 e. The zero-order chi connectivity index (χ0) is 31.3. The van der Waals surface area contributed by atoms with Crippen LogP contribution >= 0.6 is 0 Å². The molecule has 44 heavy (non-hydrogen) atoms. The van der Waals surface area contributed by atoms with E-state index in [-0.39, 0.29) is 23.1 Å². The van der Waals surface area contributed by atoms with Gasteiger partial charge in [-0.05, 0) is 66.1 Å². The van der Waals surface area contributed by atoms with Crippen LogP contribution in [0, 0.1) is 0 Å². The Hall–Kier alpha value is -4.87. The Kier molecular flexibility index (Phi) is 9.17. The maximum absolute atomic E-state index is 13.8. The van der Waals surface area contributed by atoms with E-state index in [0.29, 0.717) is 41.4 Å². The highest BCUT2D eigenvalue weighted by molar-refractivity contribution is 7.89. The van der Waals surface area contributed by atoms with Gasteiger partial charge in [0.15, 0.2) is 11.5 Å². The van der Waals surface area contributed by atoms with Crippen molar-refractivity contribution in [3.05, 3.63) is 108 Å². The number of anilines is 2. The predicted molar refractivity (Wildman–Crippen MR) is 167 cm³/mol. The van der Waals surface area contributed by atoms with Gasteiger partial charge in [0, 0.05) is 36.1 Å². The molecule has 11 heteroatoms. The molecule has 2 amide bonds. The third-order valence-corrected chi connectivity index (χ3v) is 9.15. The third kappa shape index (κ3) is 6.53. The molecule has 0 fully saturated rings. The molecule has 228 valence electrons. The number of rotatable bonds is 11. The molecular weight excluding hydrogens is 582 g/mol. The van der Waals surface area contributed by atoms with E-state index in [2.05, 4.69) is 5.32 Å². The quantitative estimate of drug-likeness (QED) is 0.259. The molecule has 1 N–H and O–H groups in total. The second-order valence-corrected chi connectivity index (χ2v) is 12.0. The first-order valence-electron chi connectivity index (χ1n) is 13.9. The average molecular weight is 616 g/mol. The van der Waals surface area contributed by atoms with E-state index < -0.39 is 22.5 Å². The van der Waals surface area contributed by atoms with E-state index in [0.717, 1.165) is 15.4 Å². The lowest BCUT2D eigenvalue weighted by Gasteiger charge is -2.23. The molecule has 1 aliphatic rings. The lowest BCUT2D eigenvalue weighted by Crippen LogP contribution is -2.37. The van der Waals surface area contributed by atoms with Crippen LogP contribution < -0.4 is 24.4 Å². The Morgan fingerprint density at radius 2 is 1.57 bits per heavy atom. The summed E-state index contributed by atoms with van der Waals surface area (Å²) in [4.78, 5) is 28.3. The standard InChI is InChI=1S/C33H33N3O7S/c1-41-27-13-10-25(11-14-27)33(38)36-18-17-24-9-12-26(19-29(24)36)34-32(37)22-35(21-23-7-5-4-6-8-23)44(39,40)28-15-16-30(42-2)31(20-28)43-3/h4-16,19-20H,17-18,21-22H2,1-3H3,(H,34,37). The van der Waals surface area contributed by atoms with Crippen molar-refractivity contribution in [2.24, 2.45) is 0 Å². The minimum atomic E-state index is -4.13. The lowest BCUT2D eigenvalue weighted by molar-refractivity contribution is -0.116. The number of nitrogens with zero attached hydrogens (tertiary/aromatic N) is 2. The van der Waals surface area contributed by atoms with Gasteiger partial charge < -0.3 is 24.4 Å². The average Bonchev–Trinajstić information content (AvgIpc) is 3.47. The van der Waals surface area contributed by atoms with Crippen LogP contribution in [-0.2, 0) is 27.8 Å². The van der Waals surface area contributed by atoms with Crippen molar-refractivity contribution in [3.63, 3.8) is 0 Å². The van der Waals surface area contributed by atoms with Gasteiger partial charge >= 0.3 is 0 Å². The van der Waals surface area contributed by atoms with Crippen LogP contribution in [-0.4, -0.2) is 59.0 Å². The Morgan fingerprint density at radius 1 is 0.841 bits per heavy atom. The van der Waals surface area contributed by atoms with Crippen molar-refractivity contribution < 1.29 is 32.2 Å². The largest absolute Gasteiger partial charge is 0.497 e. The van der Waals surface area contributed by atoms with Crippen molar-refractivity contribution >= 4 is 33.2 Å². The Bertz CT molecular complexity index is 1760. The van der Waals surface area contributed by atoms with Gasteiger partial charge in [0.05, 0.1) is 32.8 Å². The smallest absolute Gasteiger partial charge is 0.258 e. The van der Waals surface area contributed by atoms with Gasteiger partial charge in [-0.15, -0.1) is 0 Å². The third-order valence-electron chi connectivity index (χ3n) is 7.36. The first kappa shape index (κ1) is 30.6. The maximum Gasteiger partial charge on any atom is 0.258 e. The van der Waals surface area contributed by atoms with Crippen LogP contribution in [0.25, 0.3) is 0 Å². The molecule has 4 aromatic rings. The lowest BCUT2D eigenvalue weighted by atomic mass is 10.1. The van der Waals surface area contributed by atoms with Crippen LogP contribution in [0.2, 0.25) is 0 Å². The van der Waals surface area contributed by atoms with E-state index in [4.69, 9.17) is 14.2 Å². The number of benzene rings is 4. The first-order valence-corrected chi connectivity index (χ1v) is 15.3. The maximum atomic E-state index is 13.8. The van der Waals surface area contributed by atoms with Crippen molar-refractivity contribution in [1.29, 1.82) is 0 Å². The first-order chi connectivity index (χ1) is 21.2. The fourth-order valence-electron chi connectivity index (χ4n) is 5.06. The summed E-state index contributed by atoms with van der Waals surface area (Å²) < 4.78 is 44.5. The molecule has 0 aromatic heterocycles. The molecule has 5 rings (SSSR count). The van der Waals surface area contributed by atoms with Gasteiger partial charge in [-0.25, -0.2) is 8.42 Å². The predicted octanol–water partition coefficient (Wildman–Crippen LogP) is 4.74. The number of hydrogen-bond acceptors (Lipinski definition) is 7. The van der Waals surface area contributed by atoms with Crippen LogP contribution in [0.15, 0.2) is 95.9 Å². The minimum absolute atomic E-state index is 0.0285. The second-order valence-electron chi connectivity index (χ2n) is 10.1. The summed E-state index contributed by atoms with van der Waals surface area (Å²) in [6.07, 6.45) is 0.680. The number of methoxy groups -OCH3 is 3. The summed E-state index contributed by atoms with van der Waals surface area (Å²) >= 11 is 0. The summed E-state index contributed by atoms with van der Waals surface area (Å²) in [6.45, 7) is 0.0302. The molecule has 0 unspecified atom stereocenters. The zero-order valence-electron chi connectivity index (χ0n) is 24.6. The van der Waals surface area contributed by atoms with Crippen LogP contribution in [0.3, 0.4) is 0 Å². The number of amides is 2. The molecule has 0 spiro atoms. The number of ether oxygens (including phenoxy) is 3. The van der Waals surface area contributed by atoms with Crippen molar-refractivity contribution in [3.8, 4) is 17.2 Å². The van der Waals surface area contributed by atoms with Gasteiger partial charge in [0.2, 0.25) is 15.9 Å². The number of sulfonamides is 1. The monoisotopic (exact) mass is 615 g/mol. The second kappa shape index (κ2) is 13.2. The highest BCUT2D eigenvalue weighted by Crippen LogP contribution is 2.33. The fourth-order valence-corrected chi connectivity index (χ4v) is 6.46. The van der Waals surface area contributed by atoms with Gasteiger partial charge in [0.1, 0.15) is 5.75 Å². The number of nitrogens with one attached hydrogen (secondary N) is 1. The molecule has 0 saturated carbocycles. The Morgan fingerprint density at radius 3 is 2.25 bits per heavy atom. The highest BCUT2D eigenvalue weighted by atomic mass is 32.2. The van der Waals surface area contributed by atoms with Crippen molar-refractivity contribution in [2.75, 3.05) is 44.6 Å².